The SMILES string of the molecule is COc1cc(CNC(=O)CN(C)Cc2ccsc2)ccc1OCc1ccccc1. The quantitative estimate of drug-likeness (QED) is 0.547. The van der Waals surface area contributed by atoms with Gasteiger partial charge in [0.05, 0.1) is 13.7 Å². The Hall–Kier alpha value is -2.83. The number of carbonyl (C=O) groups excluding carboxylic acids is 1. The zero-order chi connectivity index (χ0) is 20.5. The lowest BCUT2D eigenvalue weighted by molar-refractivity contribution is -0.122. The molecule has 0 unspecified atom stereocenters. The van der Waals surface area contributed by atoms with E-state index in [1.54, 1.807) is 18.4 Å². The average molecular weight is 411 g/mol. The first-order chi connectivity index (χ1) is 14.1. The van der Waals surface area contributed by atoms with Gasteiger partial charge in [-0.15, -0.1) is 0 Å². The average Bonchev–Trinajstić information content (AvgIpc) is 3.24. The van der Waals surface area contributed by atoms with E-state index in [-0.39, 0.29) is 5.91 Å². The highest BCUT2D eigenvalue weighted by Crippen LogP contribution is 2.28. The number of hydrogen-bond acceptors (Lipinski definition) is 5. The molecule has 0 fully saturated rings. The molecular weight excluding hydrogens is 384 g/mol. The van der Waals surface area contributed by atoms with Crippen molar-refractivity contribution in [2.75, 3.05) is 20.7 Å². The van der Waals surface area contributed by atoms with Crippen LogP contribution in [0.1, 0.15) is 16.7 Å². The molecule has 3 rings (SSSR count). The second-order valence-corrected chi connectivity index (χ2v) is 7.62. The molecule has 0 aliphatic rings. The van der Waals surface area contributed by atoms with Gasteiger partial charge in [0, 0.05) is 13.1 Å². The van der Waals surface area contributed by atoms with Gasteiger partial charge >= 0.3 is 0 Å². The van der Waals surface area contributed by atoms with Crippen LogP contribution in [0.15, 0.2) is 65.4 Å². The molecule has 5 nitrogen and oxygen atoms in total. The maximum atomic E-state index is 12.2. The lowest BCUT2D eigenvalue weighted by Gasteiger charge is -2.16. The molecule has 0 bridgehead atoms. The van der Waals surface area contributed by atoms with E-state index >= 15 is 0 Å². The minimum absolute atomic E-state index is 0.00824. The topological polar surface area (TPSA) is 50.8 Å². The van der Waals surface area contributed by atoms with Crippen LogP contribution in [0.5, 0.6) is 11.5 Å². The predicted molar refractivity (Wildman–Crippen MR) is 116 cm³/mol. The van der Waals surface area contributed by atoms with Gasteiger partial charge in [0.15, 0.2) is 11.5 Å². The molecule has 152 valence electrons. The first-order valence-electron chi connectivity index (χ1n) is 9.44. The fourth-order valence-corrected chi connectivity index (χ4v) is 3.59. The lowest BCUT2D eigenvalue weighted by atomic mass is 10.2. The van der Waals surface area contributed by atoms with Crippen molar-refractivity contribution in [3.05, 3.63) is 82.0 Å². The largest absolute Gasteiger partial charge is 0.493 e. The summed E-state index contributed by atoms with van der Waals surface area (Å²) in [4.78, 5) is 14.2. The molecule has 1 heterocycles. The molecule has 3 aromatic rings. The van der Waals surface area contributed by atoms with E-state index < -0.39 is 0 Å². The molecule has 1 N–H and O–H groups in total. The molecule has 0 saturated carbocycles. The minimum Gasteiger partial charge on any atom is -0.493 e. The van der Waals surface area contributed by atoms with E-state index in [1.165, 1.54) is 5.56 Å². The highest BCUT2D eigenvalue weighted by molar-refractivity contribution is 7.07. The maximum Gasteiger partial charge on any atom is 0.234 e. The second kappa shape index (κ2) is 10.6. The summed E-state index contributed by atoms with van der Waals surface area (Å²) in [5.74, 6) is 1.33. The maximum absolute atomic E-state index is 12.2. The molecule has 2 aromatic carbocycles. The third-order valence-electron chi connectivity index (χ3n) is 4.40. The number of thiophene rings is 1. The fraction of sp³-hybridized carbons (Fsp3) is 0.261. The Labute approximate surface area is 175 Å². The molecular formula is C23H26N2O3S. The summed E-state index contributed by atoms with van der Waals surface area (Å²) >= 11 is 1.67. The van der Waals surface area contributed by atoms with Gasteiger partial charge in [-0.3, -0.25) is 9.69 Å². The van der Waals surface area contributed by atoms with Gasteiger partial charge in [-0.25, -0.2) is 0 Å². The van der Waals surface area contributed by atoms with Crippen LogP contribution in [0.25, 0.3) is 0 Å². The molecule has 6 heteroatoms. The van der Waals surface area contributed by atoms with Gasteiger partial charge in [-0.2, -0.15) is 11.3 Å². The van der Waals surface area contributed by atoms with Crippen molar-refractivity contribution in [1.29, 1.82) is 0 Å². The van der Waals surface area contributed by atoms with Crippen LogP contribution in [-0.2, 0) is 24.5 Å². The minimum atomic E-state index is -0.00824. The normalized spacial score (nSPS) is 10.7. The molecule has 29 heavy (non-hydrogen) atoms. The van der Waals surface area contributed by atoms with Gasteiger partial charge in [0.2, 0.25) is 5.91 Å². The van der Waals surface area contributed by atoms with E-state index in [2.05, 4.69) is 16.8 Å². The number of likely N-dealkylation sites (N-methyl/N-ethyl adjacent to an activating group) is 1. The smallest absolute Gasteiger partial charge is 0.234 e. The van der Waals surface area contributed by atoms with Crippen LogP contribution in [0, 0.1) is 0 Å². The van der Waals surface area contributed by atoms with Gasteiger partial charge in [-0.1, -0.05) is 36.4 Å². The lowest BCUT2D eigenvalue weighted by Crippen LogP contribution is -2.34. The Morgan fingerprint density at radius 1 is 1.03 bits per heavy atom. The number of carbonyl (C=O) groups is 1. The van der Waals surface area contributed by atoms with Crippen molar-refractivity contribution in [3.63, 3.8) is 0 Å². The first kappa shape index (κ1) is 20.9. The van der Waals surface area contributed by atoms with E-state index in [9.17, 15) is 4.79 Å². The van der Waals surface area contributed by atoms with E-state index in [0.29, 0.717) is 31.2 Å². The summed E-state index contributed by atoms with van der Waals surface area (Å²) in [6.45, 7) is 2.04. The number of methoxy groups -OCH3 is 1. The third kappa shape index (κ3) is 6.62. The number of benzene rings is 2. The number of nitrogens with zero attached hydrogens (tertiary/aromatic N) is 1. The summed E-state index contributed by atoms with van der Waals surface area (Å²) in [7, 11) is 3.56. The van der Waals surface area contributed by atoms with Crippen molar-refractivity contribution in [2.45, 2.75) is 19.7 Å². The summed E-state index contributed by atoms with van der Waals surface area (Å²) in [6.07, 6.45) is 0. The van der Waals surface area contributed by atoms with Crippen molar-refractivity contribution >= 4 is 17.2 Å². The zero-order valence-corrected chi connectivity index (χ0v) is 17.6. The Bertz CT molecular complexity index is 898. The Morgan fingerprint density at radius 3 is 2.59 bits per heavy atom. The highest BCUT2D eigenvalue weighted by atomic mass is 32.1. The molecule has 0 radical (unpaired) electrons. The predicted octanol–water partition coefficient (Wildman–Crippen LogP) is 4.08. The van der Waals surface area contributed by atoms with Crippen LogP contribution in [-0.4, -0.2) is 31.5 Å². The van der Waals surface area contributed by atoms with Crippen molar-refractivity contribution < 1.29 is 14.3 Å². The molecule has 0 atom stereocenters. The first-order valence-corrected chi connectivity index (χ1v) is 10.4. The molecule has 0 spiro atoms. The second-order valence-electron chi connectivity index (χ2n) is 6.84. The highest BCUT2D eigenvalue weighted by Gasteiger charge is 2.10. The fourth-order valence-electron chi connectivity index (χ4n) is 2.93. The standard InChI is InChI=1S/C23H26N2O3S/c1-25(14-20-10-11-29-17-20)15-23(26)24-13-19-8-9-21(22(12-19)27-2)28-16-18-6-4-3-5-7-18/h3-12,17H,13-16H2,1-2H3,(H,24,26). The van der Waals surface area contributed by atoms with E-state index in [1.807, 2.05) is 65.9 Å². The van der Waals surface area contributed by atoms with Crippen LogP contribution in [0.2, 0.25) is 0 Å². The summed E-state index contributed by atoms with van der Waals surface area (Å²) in [6, 6.07) is 17.8. The Kier molecular flexibility index (Phi) is 7.67. The molecule has 0 aliphatic heterocycles. The van der Waals surface area contributed by atoms with Crippen LogP contribution >= 0.6 is 11.3 Å². The van der Waals surface area contributed by atoms with Gasteiger partial charge in [0.25, 0.3) is 0 Å². The van der Waals surface area contributed by atoms with Crippen molar-refractivity contribution in [1.82, 2.24) is 10.2 Å². The van der Waals surface area contributed by atoms with Crippen LogP contribution < -0.4 is 14.8 Å². The van der Waals surface area contributed by atoms with E-state index in [4.69, 9.17) is 9.47 Å². The molecule has 0 aliphatic carbocycles. The van der Waals surface area contributed by atoms with E-state index in [0.717, 1.165) is 17.7 Å². The Balaban J connectivity index is 1.49. The number of ether oxygens (including phenoxy) is 2. The number of nitrogens with one attached hydrogen (secondary N) is 1. The number of rotatable bonds is 10. The van der Waals surface area contributed by atoms with Crippen molar-refractivity contribution in [3.8, 4) is 11.5 Å². The van der Waals surface area contributed by atoms with Crippen LogP contribution in [0.3, 0.4) is 0 Å². The molecule has 1 aromatic heterocycles. The number of hydrogen-bond donors (Lipinski definition) is 1. The zero-order valence-electron chi connectivity index (χ0n) is 16.8. The number of amides is 1. The Morgan fingerprint density at radius 2 is 1.86 bits per heavy atom. The summed E-state index contributed by atoms with van der Waals surface area (Å²) in [5, 5.41) is 7.11. The van der Waals surface area contributed by atoms with Gasteiger partial charge in [-0.05, 0) is 52.7 Å². The van der Waals surface area contributed by atoms with Gasteiger partial charge in [0.1, 0.15) is 6.61 Å². The summed E-state index contributed by atoms with van der Waals surface area (Å²) < 4.78 is 11.3. The monoisotopic (exact) mass is 410 g/mol. The van der Waals surface area contributed by atoms with Crippen LogP contribution in [0.4, 0.5) is 0 Å². The molecule has 1 amide bonds. The third-order valence-corrected chi connectivity index (χ3v) is 5.13. The van der Waals surface area contributed by atoms with Gasteiger partial charge < -0.3 is 14.8 Å². The van der Waals surface area contributed by atoms with Crippen molar-refractivity contribution in [2.24, 2.45) is 0 Å². The summed E-state index contributed by atoms with van der Waals surface area (Å²) in [5.41, 5.74) is 3.28. The molecule has 0 saturated heterocycles.